The number of nitrogens with zero attached hydrogens (tertiary/aromatic N) is 2. The fourth-order valence-electron chi connectivity index (χ4n) is 2.70. The minimum atomic E-state index is -0.701. The standard InChI is InChI=1S/C12H22N2O2S/c1-10(12(15)16)13-4-6-14(7-5-13)11-2-8-17-9-3-11/h10-11H,2-9H2,1H3,(H,15,16)/t10-/m1/s1. The lowest BCUT2D eigenvalue weighted by Gasteiger charge is -2.41. The van der Waals surface area contributed by atoms with Crippen LogP contribution in [0.15, 0.2) is 0 Å². The number of carbonyl (C=O) groups is 1. The van der Waals surface area contributed by atoms with E-state index in [1.807, 2.05) is 0 Å². The zero-order valence-corrected chi connectivity index (χ0v) is 11.3. The minimum Gasteiger partial charge on any atom is -0.480 e. The van der Waals surface area contributed by atoms with Crippen molar-refractivity contribution in [3.8, 4) is 0 Å². The van der Waals surface area contributed by atoms with Crippen LogP contribution < -0.4 is 0 Å². The predicted molar refractivity (Wildman–Crippen MR) is 70.6 cm³/mol. The second-order valence-corrected chi connectivity index (χ2v) is 6.15. The largest absolute Gasteiger partial charge is 0.480 e. The highest BCUT2D eigenvalue weighted by molar-refractivity contribution is 7.99. The third-order valence-electron chi connectivity index (χ3n) is 3.96. The van der Waals surface area contributed by atoms with Gasteiger partial charge in [0.05, 0.1) is 0 Å². The molecule has 0 aliphatic carbocycles. The van der Waals surface area contributed by atoms with Gasteiger partial charge in [-0.15, -0.1) is 0 Å². The summed E-state index contributed by atoms with van der Waals surface area (Å²) in [6.07, 6.45) is 2.61. The maximum atomic E-state index is 10.9. The molecule has 0 aromatic carbocycles. The summed E-state index contributed by atoms with van der Waals surface area (Å²) in [5, 5.41) is 8.99. The summed E-state index contributed by atoms with van der Waals surface area (Å²) in [7, 11) is 0. The maximum absolute atomic E-state index is 10.9. The molecule has 1 N–H and O–H groups in total. The summed E-state index contributed by atoms with van der Waals surface area (Å²) in [5.41, 5.74) is 0. The smallest absolute Gasteiger partial charge is 0.320 e. The Labute approximate surface area is 107 Å². The summed E-state index contributed by atoms with van der Waals surface area (Å²) in [5.74, 6) is 1.87. The van der Waals surface area contributed by atoms with Gasteiger partial charge in [0.25, 0.3) is 0 Å². The second-order valence-electron chi connectivity index (χ2n) is 4.93. The van der Waals surface area contributed by atoms with Gasteiger partial charge < -0.3 is 5.11 Å². The molecule has 0 amide bonds. The number of carboxylic acid groups (broad SMARTS) is 1. The molecule has 4 nitrogen and oxygen atoms in total. The molecule has 2 fully saturated rings. The Balaban J connectivity index is 1.79. The van der Waals surface area contributed by atoms with Crippen molar-refractivity contribution in [2.75, 3.05) is 37.7 Å². The van der Waals surface area contributed by atoms with Crippen molar-refractivity contribution in [3.05, 3.63) is 0 Å². The van der Waals surface area contributed by atoms with E-state index in [4.69, 9.17) is 5.11 Å². The average Bonchev–Trinajstić information content (AvgIpc) is 2.39. The van der Waals surface area contributed by atoms with Crippen LogP contribution in [-0.4, -0.2) is 70.6 Å². The lowest BCUT2D eigenvalue weighted by atomic mass is 10.1. The molecule has 98 valence electrons. The van der Waals surface area contributed by atoms with Crippen molar-refractivity contribution in [2.24, 2.45) is 0 Å². The minimum absolute atomic E-state index is 0.334. The van der Waals surface area contributed by atoms with Crippen LogP contribution >= 0.6 is 11.8 Å². The Morgan fingerprint density at radius 3 is 2.35 bits per heavy atom. The van der Waals surface area contributed by atoms with E-state index in [2.05, 4.69) is 21.6 Å². The summed E-state index contributed by atoms with van der Waals surface area (Å²) < 4.78 is 0. The molecule has 0 unspecified atom stereocenters. The van der Waals surface area contributed by atoms with E-state index < -0.39 is 5.97 Å². The third kappa shape index (κ3) is 3.36. The van der Waals surface area contributed by atoms with Crippen molar-refractivity contribution in [1.29, 1.82) is 0 Å². The molecule has 0 aromatic heterocycles. The van der Waals surface area contributed by atoms with E-state index in [1.165, 1.54) is 24.3 Å². The molecule has 0 bridgehead atoms. The molecule has 2 heterocycles. The zero-order chi connectivity index (χ0) is 12.3. The van der Waals surface area contributed by atoms with Crippen molar-refractivity contribution in [2.45, 2.75) is 31.8 Å². The van der Waals surface area contributed by atoms with Gasteiger partial charge in [0, 0.05) is 32.2 Å². The average molecular weight is 258 g/mol. The highest BCUT2D eigenvalue weighted by Crippen LogP contribution is 2.23. The van der Waals surface area contributed by atoms with Crippen molar-refractivity contribution >= 4 is 17.7 Å². The van der Waals surface area contributed by atoms with Crippen LogP contribution in [0.3, 0.4) is 0 Å². The SMILES string of the molecule is C[C@H](C(=O)O)N1CCN(C2CCSCC2)CC1. The van der Waals surface area contributed by atoms with Crippen LogP contribution in [0, 0.1) is 0 Å². The van der Waals surface area contributed by atoms with Gasteiger partial charge in [0.2, 0.25) is 0 Å². The Morgan fingerprint density at radius 2 is 1.82 bits per heavy atom. The number of aliphatic carboxylic acids is 1. The molecule has 5 heteroatoms. The second kappa shape index (κ2) is 6.07. The number of piperazine rings is 1. The Kier molecular flexibility index (Phi) is 4.70. The monoisotopic (exact) mass is 258 g/mol. The normalized spacial score (nSPS) is 26.9. The van der Waals surface area contributed by atoms with E-state index in [9.17, 15) is 4.79 Å². The molecule has 0 radical (unpaired) electrons. The first-order chi connectivity index (χ1) is 8.18. The number of rotatable bonds is 3. The molecule has 2 rings (SSSR count). The van der Waals surface area contributed by atoms with E-state index >= 15 is 0 Å². The van der Waals surface area contributed by atoms with Gasteiger partial charge in [-0.05, 0) is 31.3 Å². The highest BCUT2D eigenvalue weighted by atomic mass is 32.2. The Morgan fingerprint density at radius 1 is 1.24 bits per heavy atom. The van der Waals surface area contributed by atoms with E-state index in [0.717, 1.165) is 32.2 Å². The summed E-state index contributed by atoms with van der Waals surface area (Å²) >= 11 is 2.06. The van der Waals surface area contributed by atoms with Crippen LogP contribution in [-0.2, 0) is 4.79 Å². The lowest BCUT2D eigenvalue weighted by Crippen LogP contribution is -2.54. The molecule has 1 atom stereocenters. The zero-order valence-electron chi connectivity index (χ0n) is 10.5. The van der Waals surface area contributed by atoms with Gasteiger partial charge in [0.1, 0.15) is 6.04 Å². The fourth-order valence-corrected chi connectivity index (χ4v) is 3.78. The predicted octanol–water partition coefficient (Wildman–Crippen LogP) is 0.973. The Hall–Kier alpha value is -0.260. The molecule has 0 aromatic rings. The van der Waals surface area contributed by atoms with Crippen LogP contribution in [0.25, 0.3) is 0 Å². The van der Waals surface area contributed by atoms with Crippen LogP contribution in [0.1, 0.15) is 19.8 Å². The summed E-state index contributed by atoms with van der Waals surface area (Å²) in [6.45, 7) is 5.66. The van der Waals surface area contributed by atoms with Gasteiger partial charge in [-0.1, -0.05) is 0 Å². The first kappa shape index (κ1) is 13.2. The topological polar surface area (TPSA) is 43.8 Å². The fraction of sp³-hybridized carbons (Fsp3) is 0.917. The van der Waals surface area contributed by atoms with Crippen molar-refractivity contribution in [3.63, 3.8) is 0 Å². The van der Waals surface area contributed by atoms with Crippen LogP contribution in [0.2, 0.25) is 0 Å². The number of hydrogen-bond donors (Lipinski definition) is 1. The molecular formula is C12H22N2O2S. The van der Waals surface area contributed by atoms with Gasteiger partial charge in [-0.25, -0.2) is 0 Å². The van der Waals surface area contributed by atoms with Crippen molar-refractivity contribution in [1.82, 2.24) is 9.80 Å². The molecular weight excluding hydrogens is 236 g/mol. The lowest BCUT2D eigenvalue weighted by molar-refractivity contribution is -0.143. The Bertz CT molecular complexity index is 261. The number of carboxylic acids is 1. The first-order valence-electron chi connectivity index (χ1n) is 6.47. The highest BCUT2D eigenvalue weighted by Gasteiger charge is 2.28. The van der Waals surface area contributed by atoms with E-state index in [-0.39, 0.29) is 6.04 Å². The van der Waals surface area contributed by atoms with Gasteiger partial charge in [0.15, 0.2) is 0 Å². The van der Waals surface area contributed by atoms with E-state index in [0.29, 0.717) is 0 Å². The van der Waals surface area contributed by atoms with Gasteiger partial charge in [-0.2, -0.15) is 11.8 Å². The molecule has 2 aliphatic heterocycles. The van der Waals surface area contributed by atoms with Crippen LogP contribution in [0.4, 0.5) is 0 Å². The van der Waals surface area contributed by atoms with E-state index in [1.54, 1.807) is 6.92 Å². The van der Waals surface area contributed by atoms with Gasteiger partial charge in [-0.3, -0.25) is 14.6 Å². The number of thioether (sulfide) groups is 1. The summed E-state index contributed by atoms with van der Waals surface area (Å²) in [6, 6.07) is 0.414. The quantitative estimate of drug-likeness (QED) is 0.817. The molecule has 17 heavy (non-hydrogen) atoms. The third-order valence-corrected chi connectivity index (χ3v) is 5.01. The molecule has 2 aliphatic rings. The van der Waals surface area contributed by atoms with Gasteiger partial charge >= 0.3 is 5.97 Å². The molecule has 0 saturated carbocycles. The molecule has 0 spiro atoms. The van der Waals surface area contributed by atoms with Crippen LogP contribution in [0.5, 0.6) is 0 Å². The summed E-state index contributed by atoms with van der Waals surface area (Å²) in [4.78, 5) is 15.6. The molecule has 2 saturated heterocycles. The number of hydrogen-bond acceptors (Lipinski definition) is 4. The van der Waals surface area contributed by atoms with Crippen molar-refractivity contribution < 1.29 is 9.90 Å². The first-order valence-corrected chi connectivity index (χ1v) is 7.62. The maximum Gasteiger partial charge on any atom is 0.320 e.